The van der Waals surface area contributed by atoms with Crippen LogP contribution in [0.2, 0.25) is 0 Å². The van der Waals surface area contributed by atoms with E-state index in [1.165, 1.54) is 0 Å². The average molecular weight is 498 g/mol. The molecule has 1 aliphatic heterocycles. The summed E-state index contributed by atoms with van der Waals surface area (Å²) in [5, 5.41) is 16.4. The minimum Gasteiger partial charge on any atom is -0.396 e. The molecular formula is C20H43IN4O2. The lowest BCUT2D eigenvalue weighted by Crippen LogP contribution is -2.49. The molecule has 0 atom stereocenters. The Morgan fingerprint density at radius 3 is 2.41 bits per heavy atom. The smallest absolute Gasteiger partial charge is 0.191 e. The van der Waals surface area contributed by atoms with Crippen LogP contribution in [0.4, 0.5) is 0 Å². The molecule has 1 heterocycles. The van der Waals surface area contributed by atoms with Gasteiger partial charge in [0.1, 0.15) is 0 Å². The van der Waals surface area contributed by atoms with Gasteiger partial charge in [0.25, 0.3) is 0 Å². The van der Waals surface area contributed by atoms with Gasteiger partial charge in [0.15, 0.2) is 5.96 Å². The maximum Gasteiger partial charge on any atom is 0.191 e. The van der Waals surface area contributed by atoms with Crippen LogP contribution in [0.5, 0.6) is 0 Å². The number of nitrogens with one attached hydrogen (secondary N) is 2. The standard InChI is InChI=1S/C20H42N4O2.HI/c1-5-20(6-2,11-15-25)17-22-19(21-7-3)23-18-9-13-24(14-10-18)12-8-16-26-4;/h18,25H,5-17H2,1-4H3,(H2,21,22,23);1H. The number of rotatable bonds is 12. The summed E-state index contributed by atoms with van der Waals surface area (Å²) in [4.78, 5) is 7.40. The molecule has 0 aliphatic carbocycles. The second-order valence-electron chi connectivity index (χ2n) is 7.48. The van der Waals surface area contributed by atoms with Gasteiger partial charge in [0.05, 0.1) is 0 Å². The normalized spacial score (nSPS) is 16.9. The van der Waals surface area contributed by atoms with Crippen molar-refractivity contribution in [3.8, 4) is 0 Å². The maximum atomic E-state index is 9.40. The molecule has 0 unspecified atom stereocenters. The van der Waals surface area contributed by atoms with Crippen molar-refractivity contribution in [2.24, 2.45) is 10.4 Å². The molecule has 6 nitrogen and oxygen atoms in total. The van der Waals surface area contributed by atoms with E-state index in [1.807, 2.05) is 0 Å². The summed E-state index contributed by atoms with van der Waals surface area (Å²) in [7, 11) is 1.77. The molecule has 1 fully saturated rings. The van der Waals surface area contributed by atoms with Gasteiger partial charge in [0, 0.05) is 59.1 Å². The van der Waals surface area contributed by atoms with Crippen molar-refractivity contribution >= 4 is 29.9 Å². The summed E-state index contributed by atoms with van der Waals surface area (Å²) in [5.74, 6) is 0.926. The van der Waals surface area contributed by atoms with Gasteiger partial charge in [-0.2, -0.15) is 0 Å². The van der Waals surface area contributed by atoms with Crippen molar-refractivity contribution in [2.75, 3.05) is 53.0 Å². The molecule has 0 aromatic rings. The summed E-state index contributed by atoms with van der Waals surface area (Å²) in [6, 6.07) is 0.488. The van der Waals surface area contributed by atoms with Crippen LogP contribution in [0.15, 0.2) is 4.99 Å². The first-order valence-corrected chi connectivity index (χ1v) is 10.5. The Balaban J connectivity index is 0.00000676. The Morgan fingerprint density at radius 1 is 1.22 bits per heavy atom. The third kappa shape index (κ3) is 10.3. The number of halogens is 1. The lowest BCUT2D eigenvalue weighted by Gasteiger charge is -2.33. The highest BCUT2D eigenvalue weighted by Crippen LogP contribution is 2.30. The Kier molecular flexibility index (Phi) is 15.7. The fourth-order valence-corrected chi connectivity index (χ4v) is 3.64. The van der Waals surface area contributed by atoms with Crippen molar-refractivity contribution in [1.29, 1.82) is 0 Å². The van der Waals surface area contributed by atoms with Gasteiger partial charge in [-0.05, 0) is 50.9 Å². The van der Waals surface area contributed by atoms with Gasteiger partial charge >= 0.3 is 0 Å². The Labute approximate surface area is 183 Å². The van der Waals surface area contributed by atoms with Crippen LogP contribution in [0.3, 0.4) is 0 Å². The summed E-state index contributed by atoms with van der Waals surface area (Å²) >= 11 is 0. The number of aliphatic imine (C=N–C) groups is 1. The van der Waals surface area contributed by atoms with E-state index in [4.69, 9.17) is 9.73 Å². The van der Waals surface area contributed by atoms with Crippen LogP contribution in [0, 0.1) is 5.41 Å². The molecule has 0 saturated carbocycles. The molecule has 3 N–H and O–H groups in total. The topological polar surface area (TPSA) is 69.1 Å². The van der Waals surface area contributed by atoms with Crippen LogP contribution in [-0.2, 0) is 4.74 Å². The van der Waals surface area contributed by atoms with Crippen molar-refractivity contribution in [3.05, 3.63) is 0 Å². The summed E-state index contributed by atoms with van der Waals surface area (Å²) in [6.07, 6.45) is 6.34. The van der Waals surface area contributed by atoms with Crippen molar-refractivity contribution in [1.82, 2.24) is 15.5 Å². The fourth-order valence-electron chi connectivity index (χ4n) is 3.64. The quantitative estimate of drug-likeness (QED) is 0.167. The molecule has 162 valence electrons. The molecule has 0 radical (unpaired) electrons. The molecule has 0 aromatic carbocycles. The highest BCUT2D eigenvalue weighted by Gasteiger charge is 2.26. The molecule has 1 aliphatic rings. The zero-order valence-electron chi connectivity index (χ0n) is 17.9. The maximum absolute atomic E-state index is 9.40. The van der Waals surface area contributed by atoms with E-state index in [1.54, 1.807) is 7.11 Å². The number of ether oxygens (including phenoxy) is 1. The van der Waals surface area contributed by atoms with E-state index >= 15 is 0 Å². The van der Waals surface area contributed by atoms with E-state index in [0.717, 1.165) is 83.8 Å². The number of likely N-dealkylation sites (tertiary alicyclic amines) is 1. The molecule has 0 amide bonds. The van der Waals surface area contributed by atoms with E-state index in [0.29, 0.717) is 6.04 Å². The third-order valence-electron chi connectivity index (χ3n) is 5.81. The van der Waals surface area contributed by atoms with Crippen LogP contribution in [-0.4, -0.2) is 75.1 Å². The second kappa shape index (κ2) is 15.8. The monoisotopic (exact) mass is 498 g/mol. The van der Waals surface area contributed by atoms with Gasteiger partial charge in [-0.3, -0.25) is 4.99 Å². The summed E-state index contributed by atoms with van der Waals surface area (Å²) in [5.41, 5.74) is 0.113. The second-order valence-corrected chi connectivity index (χ2v) is 7.48. The molecule has 27 heavy (non-hydrogen) atoms. The Morgan fingerprint density at radius 2 is 1.89 bits per heavy atom. The third-order valence-corrected chi connectivity index (χ3v) is 5.81. The van der Waals surface area contributed by atoms with Gasteiger partial charge in [-0.15, -0.1) is 24.0 Å². The molecular weight excluding hydrogens is 455 g/mol. The van der Waals surface area contributed by atoms with Crippen molar-refractivity contribution in [3.63, 3.8) is 0 Å². The predicted octanol–water partition coefficient (Wildman–Crippen LogP) is 2.85. The van der Waals surface area contributed by atoms with Gasteiger partial charge < -0.3 is 25.4 Å². The summed E-state index contributed by atoms with van der Waals surface area (Å²) < 4.78 is 5.14. The average Bonchev–Trinajstić information content (AvgIpc) is 2.67. The Bertz CT molecular complexity index is 384. The SMILES string of the molecule is CCNC(=NCC(CC)(CC)CCO)NC1CCN(CCCOC)CC1.I. The molecule has 0 aromatic heterocycles. The van der Waals surface area contributed by atoms with Crippen molar-refractivity contribution in [2.45, 2.75) is 65.3 Å². The molecule has 0 bridgehead atoms. The highest BCUT2D eigenvalue weighted by molar-refractivity contribution is 14.0. The zero-order valence-corrected chi connectivity index (χ0v) is 20.3. The van der Waals surface area contributed by atoms with Gasteiger partial charge in [-0.25, -0.2) is 0 Å². The molecule has 7 heteroatoms. The highest BCUT2D eigenvalue weighted by atomic mass is 127. The van der Waals surface area contributed by atoms with Crippen LogP contribution in [0.25, 0.3) is 0 Å². The number of nitrogens with zero attached hydrogens (tertiary/aromatic N) is 2. The lowest BCUT2D eigenvalue weighted by molar-refractivity contribution is 0.155. The van der Waals surface area contributed by atoms with Crippen LogP contribution < -0.4 is 10.6 Å². The van der Waals surface area contributed by atoms with Gasteiger partial charge in [-0.1, -0.05) is 13.8 Å². The first-order valence-electron chi connectivity index (χ1n) is 10.5. The first-order chi connectivity index (χ1) is 12.6. The Hall–Kier alpha value is -0.120. The fraction of sp³-hybridized carbons (Fsp3) is 0.950. The minimum absolute atomic E-state index is 0. The molecule has 0 spiro atoms. The van der Waals surface area contributed by atoms with E-state index in [9.17, 15) is 5.11 Å². The van der Waals surface area contributed by atoms with Gasteiger partial charge in [0.2, 0.25) is 0 Å². The molecule has 1 saturated heterocycles. The number of aliphatic hydroxyl groups is 1. The predicted molar refractivity (Wildman–Crippen MR) is 125 cm³/mol. The number of aliphatic hydroxyl groups excluding tert-OH is 1. The largest absolute Gasteiger partial charge is 0.396 e. The first kappa shape index (κ1) is 26.9. The van der Waals surface area contributed by atoms with E-state index in [-0.39, 0.29) is 36.0 Å². The van der Waals surface area contributed by atoms with E-state index in [2.05, 4.69) is 36.3 Å². The van der Waals surface area contributed by atoms with E-state index < -0.39 is 0 Å². The number of hydrogen-bond donors (Lipinski definition) is 3. The minimum atomic E-state index is 0. The van der Waals surface area contributed by atoms with Crippen molar-refractivity contribution < 1.29 is 9.84 Å². The zero-order chi connectivity index (χ0) is 19.3. The number of piperidine rings is 1. The number of guanidine groups is 1. The van der Waals surface area contributed by atoms with Crippen LogP contribution >= 0.6 is 24.0 Å². The van der Waals surface area contributed by atoms with Crippen LogP contribution in [0.1, 0.15) is 59.3 Å². The lowest BCUT2D eigenvalue weighted by atomic mass is 9.79. The summed E-state index contributed by atoms with van der Waals surface area (Å²) in [6.45, 7) is 12.6. The number of methoxy groups -OCH3 is 1. The number of hydrogen-bond acceptors (Lipinski definition) is 4. The molecule has 1 rings (SSSR count).